The van der Waals surface area contributed by atoms with Crippen LogP contribution in [0.5, 0.6) is 0 Å². The van der Waals surface area contributed by atoms with E-state index in [1.165, 1.54) is 28.9 Å². The summed E-state index contributed by atoms with van der Waals surface area (Å²) in [4.78, 5) is 23.4. The topological polar surface area (TPSA) is 60.5 Å². The third-order valence-electron chi connectivity index (χ3n) is 6.74. The summed E-state index contributed by atoms with van der Waals surface area (Å²) in [6.45, 7) is 9.38. The van der Waals surface area contributed by atoms with Crippen LogP contribution in [0.2, 0.25) is 0 Å². The summed E-state index contributed by atoms with van der Waals surface area (Å²) < 4.78 is 13.3. The minimum absolute atomic E-state index is 0.0249. The summed E-state index contributed by atoms with van der Waals surface area (Å²) in [5.74, 6) is -0.105. The van der Waals surface area contributed by atoms with Gasteiger partial charge in [0.25, 0.3) is 0 Å². The van der Waals surface area contributed by atoms with Gasteiger partial charge in [0.2, 0.25) is 5.91 Å². The lowest BCUT2D eigenvalue weighted by molar-refractivity contribution is -0.133. The van der Waals surface area contributed by atoms with Crippen LogP contribution in [0.4, 0.5) is 10.1 Å². The first-order valence-corrected chi connectivity index (χ1v) is 12.6. The van der Waals surface area contributed by atoms with E-state index in [2.05, 4.69) is 47.8 Å². The van der Waals surface area contributed by atoms with Crippen LogP contribution in [0.1, 0.15) is 34.2 Å². The van der Waals surface area contributed by atoms with E-state index >= 15 is 0 Å². The van der Waals surface area contributed by atoms with E-state index in [9.17, 15) is 9.18 Å². The van der Waals surface area contributed by atoms with Crippen molar-refractivity contribution in [2.75, 3.05) is 31.1 Å². The molecule has 34 heavy (non-hydrogen) atoms. The molecule has 2 atom stereocenters. The van der Waals surface area contributed by atoms with Gasteiger partial charge in [-0.15, -0.1) is 11.3 Å². The number of carbonyl (C=O) groups excluding carboxylic acids is 1. The molecule has 178 valence electrons. The van der Waals surface area contributed by atoms with Gasteiger partial charge in [0, 0.05) is 42.3 Å². The van der Waals surface area contributed by atoms with Gasteiger partial charge in [-0.2, -0.15) is 0 Å². The first-order valence-electron chi connectivity index (χ1n) is 11.7. The molecule has 8 heteroatoms. The molecular weight excluding hydrogens is 449 g/mol. The number of piperazine rings is 1. The Balaban J connectivity index is 1.21. The van der Waals surface area contributed by atoms with E-state index < -0.39 is 0 Å². The van der Waals surface area contributed by atoms with Gasteiger partial charge in [-0.3, -0.25) is 4.79 Å². The third-order valence-corrected chi connectivity index (χ3v) is 8.06. The molecule has 2 aliphatic rings. The van der Waals surface area contributed by atoms with Crippen LogP contribution >= 0.6 is 11.3 Å². The summed E-state index contributed by atoms with van der Waals surface area (Å²) in [6, 6.07) is 12.7. The molecule has 0 radical (unpaired) electrons. The Labute approximate surface area is 203 Å². The molecule has 6 nitrogen and oxygen atoms in total. The number of anilines is 1. The monoisotopic (exact) mass is 479 g/mol. The first-order chi connectivity index (χ1) is 16.4. The van der Waals surface area contributed by atoms with E-state index in [0.717, 1.165) is 47.3 Å². The standard InChI is InChI=1S/C26H30FN5OS/c1-16-4-5-17(2)23(14-16)31-10-12-32(13-11-31)26(33)22-15-21(29-30-22)24-18(3)28-25(34-24)19-6-8-20(27)9-7-19/h4-9,14,21-22,29-30H,10-13,15H2,1-3H3. The summed E-state index contributed by atoms with van der Waals surface area (Å²) in [5, 5.41) is 0.867. The third kappa shape index (κ3) is 4.58. The fourth-order valence-corrected chi connectivity index (χ4v) is 5.92. The number of nitrogens with zero attached hydrogens (tertiary/aromatic N) is 3. The molecule has 2 unspecified atom stereocenters. The van der Waals surface area contributed by atoms with Crippen LogP contribution in [0, 0.1) is 26.6 Å². The minimum Gasteiger partial charge on any atom is -0.368 e. The molecule has 2 fully saturated rings. The number of rotatable bonds is 4. The second-order valence-corrected chi connectivity index (χ2v) is 10.2. The summed E-state index contributed by atoms with van der Waals surface area (Å²) in [5.41, 5.74) is 12.2. The van der Waals surface area contributed by atoms with Crippen molar-refractivity contribution in [2.45, 2.75) is 39.3 Å². The summed E-state index contributed by atoms with van der Waals surface area (Å²) in [6.07, 6.45) is 0.682. The van der Waals surface area contributed by atoms with Gasteiger partial charge >= 0.3 is 0 Å². The number of aromatic nitrogens is 1. The fraction of sp³-hybridized carbons (Fsp3) is 0.385. The van der Waals surface area contributed by atoms with Crippen LogP contribution in [0.3, 0.4) is 0 Å². The molecule has 2 N–H and O–H groups in total. The highest BCUT2D eigenvalue weighted by Crippen LogP contribution is 2.35. The normalized spacial score (nSPS) is 20.7. The maximum Gasteiger partial charge on any atom is 0.241 e. The highest BCUT2D eigenvalue weighted by molar-refractivity contribution is 7.15. The molecule has 0 spiro atoms. The number of amides is 1. The predicted molar refractivity (Wildman–Crippen MR) is 134 cm³/mol. The molecule has 0 aliphatic carbocycles. The lowest BCUT2D eigenvalue weighted by Gasteiger charge is -2.37. The number of hydrazine groups is 1. The second kappa shape index (κ2) is 9.44. The molecule has 3 aromatic rings. The first kappa shape index (κ1) is 23.0. The molecular formula is C26H30FN5OS. The molecule has 0 bridgehead atoms. The highest BCUT2D eigenvalue weighted by Gasteiger charge is 2.35. The van der Waals surface area contributed by atoms with Crippen molar-refractivity contribution in [3.63, 3.8) is 0 Å². The average molecular weight is 480 g/mol. The van der Waals surface area contributed by atoms with E-state index in [0.29, 0.717) is 6.42 Å². The van der Waals surface area contributed by atoms with Gasteiger partial charge in [0.1, 0.15) is 16.9 Å². The number of hydrogen-bond donors (Lipinski definition) is 2. The van der Waals surface area contributed by atoms with E-state index in [4.69, 9.17) is 4.98 Å². The fourth-order valence-electron chi connectivity index (χ4n) is 4.79. The number of halogens is 1. The molecule has 0 saturated carbocycles. The summed E-state index contributed by atoms with van der Waals surface area (Å²) in [7, 11) is 0. The van der Waals surface area contributed by atoms with E-state index in [1.807, 2.05) is 11.8 Å². The van der Waals surface area contributed by atoms with Crippen LogP contribution in [-0.2, 0) is 4.79 Å². The van der Waals surface area contributed by atoms with Crippen molar-refractivity contribution < 1.29 is 9.18 Å². The molecule has 3 heterocycles. The second-order valence-electron chi connectivity index (χ2n) is 9.21. The maximum atomic E-state index is 13.3. The number of hydrogen-bond acceptors (Lipinski definition) is 6. The lowest BCUT2D eigenvalue weighted by Crippen LogP contribution is -2.53. The van der Waals surface area contributed by atoms with Crippen molar-refractivity contribution in [3.05, 3.63) is 70.0 Å². The Morgan fingerprint density at radius 3 is 2.50 bits per heavy atom. The van der Waals surface area contributed by atoms with Gasteiger partial charge in [0.05, 0.1) is 11.7 Å². The molecule has 2 aromatic carbocycles. The van der Waals surface area contributed by atoms with E-state index in [1.54, 1.807) is 23.5 Å². The number of carbonyl (C=O) groups is 1. The Bertz CT molecular complexity index is 1190. The smallest absolute Gasteiger partial charge is 0.241 e. The van der Waals surface area contributed by atoms with Crippen molar-refractivity contribution in [1.29, 1.82) is 0 Å². The molecule has 1 aromatic heterocycles. The van der Waals surface area contributed by atoms with Crippen LogP contribution in [0.25, 0.3) is 10.6 Å². The predicted octanol–water partition coefficient (Wildman–Crippen LogP) is 4.13. The summed E-state index contributed by atoms with van der Waals surface area (Å²) >= 11 is 1.60. The number of nitrogens with one attached hydrogen (secondary N) is 2. The SMILES string of the molecule is Cc1ccc(C)c(N2CCN(C(=O)C3CC(c4sc(-c5ccc(F)cc5)nc4C)NN3)CC2)c1. The maximum absolute atomic E-state index is 13.3. The number of thiazole rings is 1. The van der Waals surface area contributed by atoms with Crippen LogP contribution < -0.4 is 15.8 Å². The van der Waals surface area contributed by atoms with Gasteiger partial charge in [-0.05, 0) is 68.7 Å². The van der Waals surface area contributed by atoms with Crippen molar-refractivity contribution >= 4 is 22.9 Å². The molecule has 2 aliphatic heterocycles. The Morgan fingerprint density at radius 1 is 1.03 bits per heavy atom. The van der Waals surface area contributed by atoms with E-state index in [-0.39, 0.29) is 23.8 Å². The van der Waals surface area contributed by atoms with Gasteiger partial charge in [0.15, 0.2) is 0 Å². The van der Waals surface area contributed by atoms with Crippen molar-refractivity contribution in [2.24, 2.45) is 0 Å². The zero-order chi connectivity index (χ0) is 23.8. The minimum atomic E-state index is -0.256. The zero-order valence-corrected chi connectivity index (χ0v) is 20.6. The number of benzene rings is 2. The van der Waals surface area contributed by atoms with Crippen LogP contribution in [-0.4, -0.2) is 48.0 Å². The average Bonchev–Trinajstić information content (AvgIpc) is 3.48. The lowest BCUT2D eigenvalue weighted by atomic mass is 10.1. The molecule has 2 saturated heterocycles. The Morgan fingerprint density at radius 2 is 1.76 bits per heavy atom. The van der Waals surface area contributed by atoms with Gasteiger partial charge < -0.3 is 9.80 Å². The Hall–Kier alpha value is -2.81. The van der Waals surface area contributed by atoms with Crippen LogP contribution in [0.15, 0.2) is 42.5 Å². The van der Waals surface area contributed by atoms with Gasteiger partial charge in [-0.25, -0.2) is 20.2 Å². The molecule has 1 amide bonds. The number of aryl methyl sites for hydroxylation is 3. The largest absolute Gasteiger partial charge is 0.368 e. The molecule has 5 rings (SSSR count). The van der Waals surface area contributed by atoms with Crippen molar-refractivity contribution in [3.8, 4) is 10.6 Å². The van der Waals surface area contributed by atoms with Gasteiger partial charge in [-0.1, -0.05) is 12.1 Å². The Kier molecular flexibility index (Phi) is 6.38. The highest BCUT2D eigenvalue weighted by atomic mass is 32.1. The van der Waals surface area contributed by atoms with Crippen molar-refractivity contribution in [1.82, 2.24) is 20.7 Å². The zero-order valence-electron chi connectivity index (χ0n) is 19.8. The quantitative estimate of drug-likeness (QED) is 0.589.